The summed E-state index contributed by atoms with van der Waals surface area (Å²) in [5.74, 6) is -1.86. The van der Waals surface area contributed by atoms with E-state index in [-0.39, 0.29) is 17.9 Å². The molecule has 0 saturated carbocycles. The van der Waals surface area contributed by atoms with Gasteiger partial charge in [0.2, 0.25) is 5.95 Å². The first-order chi connectivity index (χ1) is 18.7. The van der Waals surface area contributed by atoms with E-state index in [1.54, 1.807) is 49.6 Å². The Kier molecular flexibility index (Phi) is 8.52. The minimum atomic E-state index is -1.34. The van der Waals surface area contributed by atoms with Crippen LogP contribution in [-0.4, -0.2) is 50.6 Å². The van der Waals surface area contributed by atoms with Crippen molar-refractivity contribution in [2.75, 3.05) is 11.9 Å². The van der Waals surface area contributed by atoms with Gasteiger partial charge in [0.25, 0.3) is 11.8 Å². The van der Waals surface area contributed by atoms with E-state index in [1.165, 1.54) is 11.3 Å². The first-order valence-corrected chi connectivity index (χ1v) is 12.9. The number of aliphatic carboxylic acids is 1. The lowest BCUT2D eigenvalue weighted by Crippen LogP contribution is -2.48. The predicted octanol–water partition coefficient (Wildman–Crippen LogP) is 3.75. The molecular weight excluding hydrogens is 518 g/mol. The molecule has 2 aromatic carbocycles. The van der Waals surface area contributed by atoms with Crippen molar-refractivity contribution >= 4 is 35.1 Å². The summed E-state index contributed by atoms with van der Waals surface area (Å²) in [6, 6.07) is 16.7. The number of carbonyl (C=O) groups is 3. The monoisotopic (exact) mass is 545 g/mol. The van der Waals surface area contributed by atoms with Crippen LogP contribution in [0.25, 0.3) is 11.1 Å². The number of rotatable bonds is 10. The first kappa shape index (κ1) is 27.3. The molecule has 1 atom stereocenters. The molecule has 1 unspecified atom stereocenters. The Bertz CT molecular complexity index is 1480. The smallest absolute Gasteiger partial charge is 0.328 e. The van der Waals surface area contributed by atoms with Crippen molar-refractivity contribution in [1.82, 2.24) is 20.6 Å². The SMILES string of the molecule is Cc1nc(NCc2ccccc2-c2cccc(O)c2)nc(C)c1C(=O)NC(CNC(=O)c1cccs1)C(=O)O. The van der Waals surface area contributed by atoms with Crippen LogP contribution in [0.4, 0.5) is 5.95 Å². The molecule has 0 aliphatic heterocycles. The number of amides is 2. The lowest BCUT2D eigenvalue weighted by atomic mass is 9.99. The van der Waals surface area contributed by atoms with E-state index in [0.717, 1.165) is 16.7 Å². The third-order valence-electron chi connectivity index (χ3n) is 5.92. The number of hydrogen-bond donors (Lipinski definition) is 5. The minimum absolute atomic E-state index is 0.163. The van der Waals surface area contributed by atoms with Crippen molar-refractivity contribution in [3.05, 3.63) is 93.4 Å². The molecular formula is C28H27N5O5S. The number of phenolic OH excluding ortho intramolecular Hbond substituents is 1. The van der Waals surface area contributed by atoms with E-state index < -0.39 is 23.8 Å². The van der Waals surface area contributed by atoms with Gasteiger partial charge in [-0.3, -0.25) is 9.59 Å². The summed E-state index contributed by atoms with van der Waals surface area (Å²) in [6.07, 6.45) is 0. The standard InChI is InChI=1S/C28H27N5O5S/c1-16-24(26(36)33-22(27(37)38)15-29-25(35)23-11-6-12-39-23)17(2)32-28(31-16)30-14-19-7-3-4-10-21(19)18-8-5-9-20(34)13-18/h3-13,22,34H,14-15H2,1-2H3,(H,29,35)(H,33,36)(H,37,38)(H,30,31,32). The molecule has 0 bridgehead atoms. The summed E-state index contributed by atoms with van der Waals surface area (Å²) in [7, 11) is 0. The highest BCUT2D eigenvalue weighted by molar-refractivity contribution is 7.12. The third-order valence-corrected chi connectivity index (χ3v) is 6.79. The number of carboxylic acids is 1. The van der Waals surface area contributed by atoms with E-state index in [2.05, 4.69) is 25.9 Å². The van der Waals surface area contributed by atoms with Crippen LogP contribution < -0.4 is 16.0 Å². The number of aryl methyl sites for hydroxylation is 2. The molecule has 200 valence electrons. The molecule has 11 heteroatoms. The molecule has 39 heavy (non-hydrogen) atoms. The number of hydrogen-bond acceptors (Lipinski definition) is 8. The summed E-state index contributed by atoms with van der Waals surface area (Å²) in [5.41, 5.74) is 3.67. The predicted molar refractivity (Wildman–Crippen MR) is 148 cm³/mol. The van der Waals surface area contributed by atoms with Crippen LogP contribution >= 0.6 is 11.3 Å². The first-order valence-electron chi connectivity index (χ1n) is 12.0. The van der Waals surface area contributed by atoms with Gasteiger partial charge in [0.15, 0.2) is 0 Å². The second-order valence-electron chi connectivity index (χ2n) is 8.71. The van der Waals surface area contributed by atoms with Gasteiger partial charge >= 0.3 is 5.97 Å². The van der Waals surface area contributed by atoms with Crippen molar-refractivity contribution in [3.63, 3.8) is 0 Å². The highest BCUT2D eigenvalue weighted by atomic mass is 32.1. The van der Waals surface area contributed by atoms with Crippen molar-refractivity contribution in [2.45, 2.75) is 26.4 Å². The summed E-state index contributed by atoms with van der Waals surface area (Å²) in [5, 5.41) is 29.3. The van der Waals surface area contributed by atoms with Crippen LogP contribution in [0.5, 0.6) is 5.75 Å². The van der Waals surface area contributed by atoms with Crippen LogP contribution in [0.3, 0.4) is 0 Å². The number of thiophene rings is 1. The Labute approximate surface area is 228 Å². The number of aromatic hydroxyl groups is 1. The van der Waals surface area contributed by atoms with Gasteiger partial charge in [-0.25, -0.2) is 14.8 Å². The number of nitrogens with zero attached hydrogens (tertiary/aromatic N) is 2. The Balaban J connectivity index is 1.44. The Morgan fingerprint density at radius 1 is 0.949 bits per heavy atom. The van der Waals surface area contributed by atoms with Gasteiger partial charge in [0, 0.05) is 13.1 Å². The summed E-state index contributed by atoms with van der Waals surface area (Å²) < 4.78 is 0. The van der Waals surface area contributed by atoms with E-state index in [0.29, 0.717) is 28.8 Å². The second kappa shape index (κ2) is 12.2. The Hall–Kier alpha value is -4.77. The van der Waals surface area contributed by atoms with Crippen molar-refractivity contribution in [3.8, 4) is 16.9 Å². The van der Waals surface area contributed by atoms with Crippen molar-refractivity contribution in [2.24, 2.45) is 0 Å². The average molecular weight is 546 g/mol. The van der Waals surface area contributed by atoms with Crippen LogP contribution in [-0.2, 0) is 11.3 Å². The average Bonchev–Trinajstić information content (AvgIpc) is 3.45. The van der Waals surface area contributed by atoms with Gasteiger partial charge in [-0.1, -0.05) is 42.5 Å². The Morgan fingerprint density at radius 3 is 2.36 bits per heavy atom. The zero-order valence-electron chi connectivity index (χ0n) is 21.3. The summed E-state index contributed by atoms with van der Waals surface area (Å²) in [6.45, 7) is 3.39. The number of anilines is 1. The maximum atomic E-state index is 13.0. The highest BCUT2D eigenvalue weighted by Crippen LogP contribution is 2.27. The number of nitrogens with one attached hydrogen (secondary N) is 3. The summed E-state index contributed by atoms with van der Waals surface area (Å²) >= 11 is 1.23. The van der Waals surface area contributed by atoms with Gasteiger partial charge < -0.3 is 26.2 Å². The topological polar surface area (TPSA) is 154 Å². The van der Waals surface area contributed by atoms with Gasteiger partial charge in [0.05, 0.1) is 21.8 Å². The zero-order chi connectivity index (χ0) is 27.9. The van der Waals surface area contributed by atoms with Crippen LogP contribution in [0.15, 0.2) is 66.0 Å². The molecule has 0 aliphatic carbocycles. The largest absolute Gasteiger partial charge is 0.508 e. The van der Waals surface area contributed by atoms with Crippen molar-refractivity contribution in [1.29, 1.82) is 0 Å². The normalized spacial score (nSPS) is 11.4. The van der Waals surface area contributed by atoms with Gasteiger partial charge in [-0.05, 0) is 54.1 Å². The van der Waals surface area contributed by atoms with E-state index in [9.17, 15) is 24.6 Å². The number of phenols is 1. The molecule has 2 aromatic heterocycles. The molecule has 10 nitrogen and oxygen atoms in total. The number of carboxylic acid groups (broad SMARTS) is 1. The van der Waals surface area contributed by atoms with E-state index >= 15 is 0 Å². The maximum Gasteiger partial charge on any atom is 0.328 e. The molecule has 5 N–H and O–H groups in total. The molecule has 2 heterocycles. The highest BCUT2D eigenvalue weighted by Gasteiger charge is 2.25. The molecule has 2 amide bonds. The van der Waals surface area contributed by atoms with E-state index in [1.807, 2.05) is 30.3 Å². The fourth-order valence-electron chi connectivity index (χ4n) is 4.05. The maximum absolute atomic E-state index is 13.0. The van der Waals surface area contributed by atoms with Crippen molar-refractivity contribution < 1.29 is 24.6 Å². The lowest BCUT2D eigenvalue weighted by molar-refractivity contribution is -0.139. The number of carbonyl (C=O) groups excluding carboxylic acids is 2. The number of aromatic nitrogens is 2. The molecule has 0 radical (unpaired) electrons. The zero-order valence-corrected chi connectivity index (χ0v) is 22.1. The van der Waals surface area contributed by atoms with Gasteiger partial charge in [-0.2, -0.15) is 0 Å². The third kappa shape index (κ3) is 6.76. The quantitative estimate of drug-likeness (QED) is 0.202. The minimum Gasteiger partial charge on any atom is -0.508 e. The molecule has 0 aliphatic rings. The fourth-order valence-corrected chi connectivity index (χ4v) is 4.69. The van der Waals surface area contributed by atoms with E-state index in [4.69, 9.17) is 0 Å². The second-order valence-corrected chi connectivity index (χ2v) is 9.65. The van der Waals surface area contributed by atoms with Crippen LogP contribution in [0, 0.1) is 13.8 Å². The molecule has 0 fully saturated rings. The fraction of sp³-hybridized carbons (Fsp3) is 0.179. The molecule has 4 aromatic rings. The molecule has 4 rings (SSSR count). The van der Waals surface area contributed by atoms with Gasteiger partial charge in [0.1, 0.15) is 11.8 Å². The Morgan fingerprint density at radius 2 is 1.69 bits per heavy atom. The van der Waals surface area contributed by atoms with Crippen LogP contribution in [0.2, 0.25) is 0 Å². The lowest BCUT2D eigenvalue weighted by Gasteiger charge is -2.17. The molecule has 0 spiro atoms. The molecule has 0 saturated heterocycles. The van der Waals surface area contributed by atoms with Gasteiger partial charge in [-0.15, -0.1) is 11.3 Å². The summed E-state index contributed by atoms with van der Waals surface area (Å²) in [4.78, 5) is 46.2. The number of benzene rings is 2. The van der Waals surface area contributed by atoms with Crippen LogP contribution in [0.1, 0.15) is 37.0 Å².